The lowest BCUT2D eigenvalue weighted by atomic mass is 9.79. The first-order valence-electron chi connectivity index (χ1n) is 9.08. The molecular weight excluding hydrogens is 314 g/mol. The van der Waals surface area contributed by atoms with Crippen molar-refractivity contribution in [2.24, 2.45) is 11.8 Å². The molecule has 1 nitrogen and oxygen atoms in total. The fourth-order valence-electron chi connectivity index (χ4n) is 3.68. The van der Waals surface area contributed by atoms with E-state index in [2.05, 4.69) is 36.2 Å². The second-order valence-corrected chi connectivity index (χ2v) is 7.34. The van der Waals surface area contributed by atoms with Crippen molar-refractivity contribution >= 4 is 11.6 Å². The van der Waals surface area contributed by atoms with E-state index in [1.54, 1.807) is 0 Å². The van der Waals surface area contributed by atoms with Crippen molar-refractivity contribution in [3.8, 4) is 11.3 Å². The normalized spacial score (nSPS) is 21.2. The smallest absolute Gasteiger partial charge is 0.0702 e. The van der Waals surface area contributed by atoms with Crippen LogP contribution in [0, 0.1) is 11.8 Å². The van der Waals surface area contributed by atoms with Crippen LogP contribution in [0.15, 0.2) is 54.7 Å². The number of halogens is 1. The van der Waals surface area contributed by atoms with Gasteiger partial charge in [0, 0.05) is 16.8 Å². The number of rotatable bonds is 5. The monoisotopic (exact) mass is 339 g/mol. The van der Waals surface area contributed by atoms with Gasteiger partial charge >= 0.3 is 0 Å². The molecule has 24 heavy (non-hydrogen) atoms. The highest BCUT2D eigenvalue weighted by atomic mass is 35.5. The molecule has 0 radical (unpaired) electrons. The van der Waals surface area contributed by atoms with Gasteiger partial charge in [-0.15, -0.1) is 0 Å². The molecule has 0 N–H and O–H groups in total. The summed E-state index contributed by atoms with van der Waals surface area (Å²) in [7, 11) is 0. The molecule has 0 amide bonds. The summed E-state index contributed by atoms with van der Waals surface area (Å²) in [6.07, 6.45) is 14.6. The molecule has 0 atom stereocenters. The van der Waals surface area contributed by atoms with Crippen LogP contribution in [0.4, 0.5) is 0 Å². The van der Waals surface area contributed by atoms with Gasteiger partial charge in [-0.1, -0.05) is 42.0 Å². The van der Waals surface area contributed by atoms with Crippen molar-refractivity contribution in [2.75, 3.05) is 0 Å². The largest absolute Gasteiger partial charge is 0.256 e. The average Bonchev–Trinajstić information content (AvgIpc) is 2.63. The SMILES string of the molecule is CC=C[C@H]1CC[C@H](CCc2ccc(-c3ccc(Cl)cc3)nc2)CC1. The lowest BCUT2D eigenvalue weighted by Crippen LogP contribution is -2.13. The number of nitrogens with zero attached hydrogens (tertiary/aromatic N) is 1. The molecule has 2 heteroatoms. The Labute approximate surface area is 150 Å². The molecule has 1 aromatic carbocycles. The Morgan fingerprint density at radius 1 is 1.04 bits per heavy atom. The standard InChI is InChI=1S/C22H26ClN/c1-2-3-17-4-6-18(7-5-17)8-9-19-10-15-22(24-16-19)20-11-13-21(23)14-12-20/h2-3,10-18H,4-9H2,1H3/t17-,18-. The minimum atomic E-state index is 0.763. The molecule has 0 saturated heterocycles. The summed E-state index contributed by atoms with van der Waals surface area (Å²) in [5.74, 6) is 1.72. The number of allylic oxidation sites excluding steroid dienone is 2. The third-order valence-electron chi connectivity index (χ3n) is 5.16. The van der Waals surface area contributed by atoms with Crippen LogP contribution in [-0.2, 0) is 6.42 Å². The molecule has 0 unspecified atom stereocenters. The lowest BCUT2D eigenvalue weighted by molar-refractivity contribution is 0.296. The van der Waals surface area contributed by atoms with Crippen LogP contribution < -0.4 is 0 Å². The van der Waals surface area contributed by atoms with Crippen LogP contribution in [0.25, 0.3) is 11.3 Å². The third-order valence-corrected chi connectivity index (χ3v) is 5.41. The zero-order chi connectivity index (χ0) is 16.8. The van der Waals surface area contributed by atoms with E-state index in [-0.39, 0.29) is 0 Å². The summed E-state index contributed by atoms with van der Waals surface area (Å²) in [5.41, 5.74) is 3.49. The van der Waals surface area contributed by atoms with Gasteiger partial charge in [0.2, 0.25) is 0 Å². The molecule has 0 spiro atoms. The molecule has 0 aliphatic heterocycles. The van der Waals surface area contributed by atoms with Gasteiger partial charge in [-0.3, -0.25) is 4.98 Å². The van der Waals surface area contributed by atoms with Gasteiger partial charge in [-0.2, -0.15) is 0 Å². The van der Waals surface area contributed by atoms with Crippen molar-refractivity contribution < 1.29 is 0 Å². The van der Waals surface area contributed by atoms with Gasteiger partial charge in [0.15, 0.2) is 0 Å². The molecule has 1 aromatic heterocycles. The van der Waals surface area contributed by atoms with Gasteiger partial charge < -0.3 is 0 Å². The molecule has 1 aliphatic carbocycles. The molecule has 2 aromatic rings. The van der Waals surface area contributed by atoms with E-state index in [1.165, 1.54) is 37.7 Å². The molecule has 1 aliphatic rings. The molecule has 3 rings (SSSR count). The zero-order valence-corrected chi connectivity index (χ0v) is 15.2. The average molecular weight is 340 g/mol. The van der Waals surface area contributed by atoms with Gasteiger partial charge in [-0.05, 0) is 81.0 Å². The van der Waals surface area contributed by atoms with Crippen molar-refractivity contribution in [2.45, 2.75) is 45.4 Å². The Balaban J connectivity index is 1.51. The van der Waals surface area contributed by atoms with Crippen LogP contribution in [0.2, 0.25) is 5.02 Å². The maximum absolute atomic E-state index is 5.94. The van der Waals surface area contributed by atoms with Crippen molar-refractivity contribution in [3.05, 3.63) is 65.3 Å². The quantitative estimate of drug-likeness (QED) is 0.551. The highest BCUT2D eigenvalue weighted by Crippen LogP contribution is 2.32. The third kappa shape index (κ3) is 4.70. The number of benzene rings is 1. The van der Waals surface area contributed by atoms with Crippen LogP contribution >= 0.6 is 11.6 Å². The van der Waals surface area contributed by atoms with E-state index in [9.17, 15) is 0 Å². The summed E-state index contributed by atoms with van der Waals surface area (Å²) >= 11 is 5.94. The Morgan fingerprint density at radius 3 is 2.42 bits per heavy atom. The molecule has 1 fully saturated rings. The van der Waals surface area contributed by atoms with Crippen LogP contribution in [0.3, 0.4) is 0 Å². The minimum absolute atomic E-state index is 0.763. The Morgan fingerprint density at radius 2 is 1.79 bits per heavy atom. The fraction of sp³-hybridized carbons (Fsp3) is 0.409. The minimum Gasteiger partial charge on any atom is -0.256 e. The second kappa shape index (κ2) is 8.48. The van der Waals surface area contributed by atoms with E-state index in [0.29, 0.717) is 0 Å². The first-order chi connectivity index (χ1) is 11.7. The Bertz CT molecular complexity index is 649. The molecule has 0 bridgehead atoms. The van der Waals surface area contributed by atoms with Crippen molar-refractivity contribution in [1.29, 1.82) is 0 Å². The van der Waals surface area contributed by atoms with E-state index in [1.807, 2.05) is 30.5 Å². The predicted molar refractivity (Wildman–Crippen MR) is 103 cm³/mol. The van der Waals surface area contributed by atoms with Crippen LogP contribution in [-0.4, -0.2) is 4.98 Å². The topological polar surface area (TPSA) is 12.9 Å². The fourth-order valence-corrected chi connectivity index (χ4v) is 3.80. The Hall–Kier alpha value is -1.60. The first-order valence-corrected chi connectivity index (χ1v) is 9.46. The lowest BCUT2D eigenvalue weighted by Gasteiger charge is -2.26. The maximum atomic E-state index is 5.94. The van der Waals surface area contributed by atoms with E-state index >= 15 is 0 Å². The summed E-state index contributed by atoms with van der Waals surface area (Å²) in [5, 5.41) is 0.763. The molecule has 1 saturated carbocycles. The summed E-state index contributed by atoms with van der Waals surface area (Å²) < 4.78 is 0. The number of hydrogen-bond acceptors (Lipinski definition) is 1. The van der Waals surface area contributed by atoms with Crippen molar-refractivity contribution in [1.82, 2.24) is 4.98 Å². The van der Waals surface area contributed by atoms with Crippen LogP contribution in [0.5, 0.6) is 0 Å². The number of pyridine rings is 1. The molecular formula is C22H26ClN. The van der Waals surface area contributed by atoms with Gasteiger partial charge in [0.05, 0.1) is 5.69 Å². The number of hydrogen-bond donors (Lipinski definition) is 0. The summed E-state index contributed by atoms with van der Waals surface area (Å²) in [4.78, 5) is 4.63. The molecule has 126 valence electrons. The summed E-state index contributed by atoms with van der Waals surface area (Å²) in [6, 6.07) is 12.2. The van der Waals surface area contributed by atoms with E-state index < -0.39 is 0 Å². The van der Waals surface area contributed by atoms with Crippen molar-refractivity contribution in [3.63, 3.8) is 0 Å². The number of aromatic nitrogens is 1. The van der Waals surface area contributed by atoms with E-state index in [4.69, 9.17) is 11.6 Å². The highest BCUT2D eigenvalue weighted by Gasteiger charge is 2.19. The van der Waals surface area contributed by atoms with Gasteiger partial charge in [0.25, 0.3) is 0 Å². The molecule has 1 heterocycles. The van der Waals surface area contributed by atoms with E-state index in [0.717, 1.165) is 34.5 Å². The van der Waals surface area contributed by atoms with Gasteiger partial charge in [-0.25, -0.2) is 0 Å². The summed E-state index contributed by atoms with van der Waals surface area (Å²) in [6.45, 7) is 2.13. The maximum Gasteiger partial charge on any atom is 0.0702 e. The first kappa shape index (κ1) is 17.2. The van der Waals surface area contributed by atoms with Gasteiger partial charge in [0.1, 0.15) is 0 Å². The highest BCUT2D eigenvalue weighted by molar-refractivity contribution is 6.30. The number of aryl methyl sites for hydroxylation is 1. The zero-order valence-electron chi connectivity index (χ0n) is 14.4. The van der Waals surface area contributed by atoms with Crippen LogP contribution in [0.1, 0.15) is 44.6 Å². The second-order valence-electron chi connectivity index (χ2n) is 6.90. The Kier molecular flexibility index (Phi) is 6.09. The predicted octanol–water partition coefficient (Wildman–Crippen LogP) is 6.72.